The van der Waals surface area contributed by atoms with E-state index in [0.29, 0.717) is 0 Å². The summed E-state index contributed by atoms with van der Waals surface area (Å²) in [5.41, 5.74) is 36.4. The van der Waals surface area contributed by atoms with Gasteiger partial charge >= 0.3 is 14.0 Å². The number of anilines is 8. The molecule has 18 aromatic carbocycles. The summed E-state index contributed by atoms with van der Waals surface area (Å²) in [4.78, 5) is 20.0. The van der Waals surface area contributed by atoms with Gasteiger partial charge in [-0.15, -0.1) is 36.4 Å². The molecule has 18 heteroatoms. The number of imidazole rings is 2. The van der Waals surface area contributed by atoms with E-state index < -0.39 is 0 Å². The van der Waals surface area contributed by atoms with Gasteiger partial charge < -0.3 is 46.6 Å². The Morgan fingerprint density at radius 1 is 0.260 bits per heavy atom. The zero-order valence-electron chi connectivity index (χ0n) is 84.5. The molecule has 0 aliphatic carbocycles. The van der Waals surface area contributed by atoms with Gasteiger partial charge in [0.15, 0.2) is 0 Å². The van der Waals surface area contributed by atoms with Gasteiger partial charge in [0.2, 0.25) is 0 Å². The fourth-order valence-corrected chi connectivity index (χ4v) is 23.3. The number of aryl methyl sites for hydroxylation is 4. The zero-order valence-corrected chi connectivity index (χ0v) is 89.0. The van der Waals surface area contributed by atoms with Crippen molar-refractivity contribution in [1.82, 2.24) is 37.4 Å². The number of fused-ring (bicyclic) bond motifs is 16. The topological polar surface area (TPSA) is 76.1 Å². The van der Waals surface area contributed by atoms with Gasteiger partial charge in [0.1, 0.15) is 11.6 Å². The van der Waals surface area contributed by atoms with Crippen LogP contribution >= 0.6 is 0 Å². The number of rotatable bonds is 14. The van der Waals surface area contributed by atoms with Crippen LogP contribution < -0.4 is 39.3 Å². The van der Waals surface area contributed by atoms with Crippen LogP contribution in [-0.2, 0) is 53.0 Å². The quantitative estimate of drug-likeness (QED) is 0.0613. The first-order valence-electron chi connectivity index (χ1n) is 50.9. The van der Waals surface area contributed by atoms with E-state index in [1.165, 1.54) is 65.9 Å². The summed E-state index contributed by atoms with van der Waals surface area (Å²) in [6.07, 6.45) is 11.7. The molecule has 2 aliphatic heterocycles. The third-order valence-corrected chi connectivity index (χ3v) is 30.2. The largest absolute Gasteiger partial charge is 0.415 e. The summed E-state index contributed by atoms with van der Waals surface area (Å²) in [7, 11) is 0. The minimum atomic E-state index is -0.294. The maximum Gasteiger partial charge on any atom is 0.406 e. The Balaban J connectivity index is 0.000000153. The van der Waals surface area contributed by atoms with E-state index in [0.717, 1.165) is 179 Å². The summed E-state index contributed by atoms with van der Waals surface area (Å²) in [5.74, 6) is 1.74. The van der Waals surface area contributed by atoms with Crippen molar-refractivity contribution in [2.45, 2.75) is 80.1 Å². The minimum Gasteiger partial charge on any atom is -0.415 e. The second kappa shape index (κ2) is 37.2. The van der Waals surface area contributed by atoms with Crippen molar-refractivity contribution in [3.63, 3.8) is 0 Å². The summed E-state index contributed by atoms with van der Waals surface area (Å²) in [6.45, 7) is 21.9. The van der Waals surface area contributed by atoms with Crippen molar-refractivity contribution in [2.24, 2.45) is 0 Å². The van der Waals surface area contributed by atoms with Crippen LogP contribution in [0.5, 0.6) is 0 Å². The molecule has 0 amide bonds. The van der Waals surface area contributed by atoms with Crippen LogP contribution in [0.1, 0.15) is 74.9 Å². The second-order valence-corrected chi connectivity index (χ2v) is 41.1. The van der Waals surface area contributed by atoms with E-state index >= 15 is 0 Å². The third-order valence-electron chi connectivity index (χ3n) is 30.2. The third kappa shape index (κ3) is 15.3. The number of hydrogen-bond acceptors (Lipinski definition) is 6. The number of hydrogen-bond donors (Lipinski definition) is 0. The summed E-state index contributed by atoms with van der Waals surface area (Å²) in [5, 5.41) is 9.36. The number of para-hydroxylation sites is 15. The molecule has 0 unspecified atom stereocenters. The fraction of sp³-hybridized carbons (Fsp3) is 0.0909. The summed E-state index contributed by atoms with van der Waals surface area (Å²) >= 11 is 0. The molecule has 10 heterocycles. The SMILES string of the molecule is Cc1cccc(C)c1B1N(c2[c-]c(-n3[c-][n+](-c4cccc5c6ccccc6n(-c6ccccc6)c45)c4ccccc43)ccc2)c2[c-]c3c(cc2N1c1ccccc1)c1ccccc1n3-c1cc(C(C)(C)C)ccn1.Cc1cccc(C)c1B1N(c2[c-]c(-n3[c-][n+](-c4ccccc4-n4c5ccccc5c5ccccc54)c4ccccc43)ccc2)c2[c-]c3c(cc2N1c1ccccc1)c1ccccc1n3-c1cc(C(C)(C)C)ccn1.[Pt].[Pt]. The Labute approximate surface area is 901 Å². The monoisotopic (exact) mass is 2290 g/mol. The smallest absolute Gasteiger partial charge is 0.406 e. The Morgan fingerprint density at radius 2 is 0.587 bits per heavy atom. The second-order valence-electron chi connectivity index (χ2n) is 41.1. The first-order chi connectivity index (χ1) is 72.4. The van der Waals surface area contributed by atoms with Crippen LogP contribution in [0.15, 0.2) is 425 Å². The van der Waals surface area contributed by atoms with E-state index in [1.54, 1.807) is 0 Å². The zero-order chi connectivity index (χ0) is 99.6. The predicted octanol–water partition coefficient (Wildman–Crippen LogP) is 29.0. The molecule has 0 fully saturated rings. The van der Waals surface area contributed by atoms with E-state index in [-0.39, 0.29) is 66.9 Å². The molecular formula is C132H100B2N14Pt2-4. The van der Waals surface area contributed by atoms with Gasteiger partial charge in [-0.25, -0.2) is 9.97 Å². The first kappa shape index (κ1) is 94.1. The van der Waals surface area contributed by atoms with E-state index in [4.69, 9.17) is 9.97 Å². The average Bonchev–Trinajstić information content (AvgIpc) is 1.55. The van der Waals surface area contributed by atoms with Gasteiger partial charge in [-0.05, 0) is 192 Å². The molecule has 14 nitrogen and oxygen atoms in total. The molecule has 0 N–H and O–H groups in total. The normalized spacial score (nSPS) is 12.7. The summed E-state index contributed by atoms with van der Waals surface area (Å²) in [6, 6.07) is 164. The van der Waals surface area contributed by atoms with Crippen LogP contribution in [0.25, 0.3) is 155 Å². The van der Waals surface area contributed by atoms with Crippen molar-refractivity contribution in [3.8, 4) is 45.8 Å². The number of aromatic nitrogens is 10. The van der Waals surface area contributed by atoms with Crippen molar-refractivity contribution < 1.29 is 51.3 Å². The van der Waals surface area contributed by atoms with Gasteiger partial charge in [-0.3, -0.25) is 9.13 Å². The maximum absolute atomic E-state index is 5.06. The molecule has 150 heavy (non-hydrogen) atoms. The van der Waals surface area contributed by atoms with Gasteiger partial charge in [0, 0.05) is 104 Å². The van der Waals surface area contributed by atoms with Crippen molar-refractivity contribution in [1.29, 1.82) is 0 Å². The van der Waals surface area contributed by atoms with Crippen LogP contribution in [-0.4, -0.2) is 51.3 Å². The van der Waals surface area contributed by atoms with Crippen molar-refractivity contribution in [3.05, 3.63) is 495 Å². The Hall–Kier alpha value is -16.9. The van der Waals surface area contributed by atoms with Crippen LogP contribution in [0.3, 0.4) is 0 Å². The molecule has 2 aliphatic rings. The van der Waals surface area contributed by atoms with E-state index in [2.05, 4.69) is 574 Å². The van der Waals surface area contributed by atoms with Crippen LogP contribution in [0.4, 0.5) is 45.5 Å². The van der Waals surface area contributed by atoms with Crippen LogP contribution in [0.2, 0.25) is 0 Å². The number of benzene rings is 18. The van der Waals surface area contributed by atoms with Crippen molar-refractivity contribution in [2.75, 3.05) is 19.2 Å². The Bertz CT molecular complexity index is 9760. The van der Waals surface area contributed by atoms with E-state index in [1.807, 2.05) is 12.4 Å². The standard InChI is InChI=1S/2C66H50BN7.2Pt/c1-44-21-18-22-45(2)64(44)67-73(48-25-10-7-11-26-48)61-41-54-52-30-13-15-33-56(52)72(63-39-46(37-38-68-63)66(3,4)5)60(54)42-62(61)74(67)50-28-19-27-49(40-50)69-43-70(58-35-17-16-34-57(58)69)59-36-20-31-53-51-29-12-14-32-55(51)71(65(53)59)47-23-8-6-9-24-47;1-44-21-19-22-45(2)65(44)67-73(47-23-7-6-8-24-47)62-41-53-52-29-11-14-32-56(52)72(64-39-46(37-38-68-64)66(3,4)5)61(53)42-63(62)74(67)49-26-20-25-48(40-49)69-43-70(58-34-16-15-33-57(58)69)59-35-17-18-36-60(59)71-54-30-12-9-27-50(54)51-28-10-13-31-55(51)71;;/h2*6-39,41H,1-5H3;;/q2*-2;;. The minimum absolute atomic E-state index is 0. The molecule has 728 valence electrons. The molecule has 0 atom stereocenters. The number of nitrogens with zero attached hydrogens (tertiary/aromatic N) is 14. The fourth-order valence-electron chi connectivity index (χ4n) is 23.3. The first-order valence-corrected chi connectivity index (χ1v) is 50.9. The molecule has 28 rings (SSSR count). The van der Waals surface area contributed by atoms with Crippen molar-refractivity contribution >= 4 is 180 Å². The molecule has 0 saturated heterocycles. The molecule has 26 aromatic rings. The van der Waals surface area contributed by atoms with E-state index in [9.17, 15) is 0 Å². The number of pyridine rings is 2. The maximum atomic E-state index is 5.06. The van der Waals surface area contributed by atoms with Gasteiger partial charge in [0.05, 0.1) is 61.2 Å². The molecule has 0 bridgehead atoms. The molecule has 0 spiro atoms. The Morgan fingerprint density at radius 3 is 1.02 bits per heavy atom. The molecule has 8 aromatic heterocycles. The van der Waals surface area contributed by atoms with Gasteiger partial charge in [-0.2, -0.15) is 36.4 Å². The average molecular weight is 2290 g/mol. The Kier molecular flexibility index (Phi) is 23.3. The van der Waals surface area contributed by atoms with Crippen LogP contribution in [0, 0.1) is 64.6 Å². The molecule has 0 saturated carbocycles. The van der Waals surface area contributed by atoms with Gasteiger partial charge in [-0.1, -0.05) is 375 Å². The predicted molar refractivity (Wildman–Crippen MR) is 610 cm³/mol. The molecular weight excluding hydrogens is 2190 g/mol. The molecule has 0 radical (unpaired) electrons. The summed E-state index contributed by atoms with van der Waals surface area (Å²) < 4.78 is 18.2. The van der Waals surface area contributed by atoms with Gasteiger partial charge in [0.25, 0.3) is 12.7 Å².